The molecule has 0 spiro atoms. The molecule has 1 aromatic carbocycles. The first kappa shape index (κ1) is 20.4. The van der Waals surface area contributed by atoms with Gasteiger partial charge >= 0.3 is 6.03 Å². The Morgan fingerprint density at radius 1 is 1.15 bits per heavy atom. The first-order chi connectivity index (χ1) is 12.7. The predicted molar refractivity (Wildman–Crippen MR) is 101 cm³/mol. The number of hydrogen-bond donors (Lipinski definition) is 2. The fourth-order valence-electron chi connectivity index (χ4n) is 2.95. The summed E-state index contributed by atoms with van der Waals surface area (Å²) in [6.45, 7) is 5.01. The van der Waals surface area contributed by atoms with Gasteiger partial charge in [0.15, 0.2) is 0 Å². The van der Waals surface area contributed by atoms with Crippen LogP contribution in [0, 0.1) is 6.92 Å². The van der Waals surface area contributed by atoms with Crippen molar-refractivity contribution in [3.63, 3.8) is 0 Å². The molecule has 1 heterocycles. The van der Waals surface area contributed by atoms with Crippen LogP contribution in [-0.2, 0) is 14.4 Å². The Morgan fingerprint density at radius 3 is 2.26 bits per heavy atom. The number of carbonyl (C=O) groups excluding carboxylic acids is 4. The highest BCUT2D eigenvalue weighted by Gasteiger charge is 2.49. The number of nitrogens with one attached hydrogen (secondary N) is 2. The van der Waals surface area contributed by atoms with Gasteiger partial charge in [-0.1, -0.05) is 31.5 Å². The number of carbonyl (C=O) groups is 4. The Balaban J connectivity index is 1.93. The van der Waals surface area contributed by atoms with Crippen molar-refractivity contribution in [2.75, 3.05) is 25.5 Å². The summed E-state index contributed by atoms with van der Waals surface area (Å²) in [6.07, 6.45) is 0.904. The maximum Gasteiger partial charge on any atom is 0.325 e. The predicted octanol–water partition coefficient (Wildman–Crippen LogP) is 1.50. The number of amides is 5. The zero-order chi connectivity index (χ0) is 20.2. The molecule has 27 heavy (non-hydrogen) atoms. The van der Waals surface area contributed by atoms with Crippen LogP contribution in [0.3, 0.4) is 0 Å². The number of imide groups is 1. The molecule has 0 bridgehead atoms. The van der Waals surface area contributed by atoms with E-state index in [0.29, 0.717) is 18.5 Å². The van der Waals surface area contributed by atoms with Crippen LogP contribution in [0.1, 0.15) is 32.3 Å². The molecular formula is C19H26N4O4. The van der Waals surface area contributed by atoms with Gasteiger partial charge in [-0.15, -0.1) is 0 Å². The Hall–Kier alpha value is -2.90. The molecule has 0 saturated carbocycles. The van der Waals surface area contributed by atoms with Gasteiger partial charge in [-0.3, -0.25) is 19.3 Å². The lowest BCUT2D eigenvalue weighted by atomic mass is 9.93. The van der Waals surface area contributed by atoms with Crippen LogP contribution < -0.4 is 10.6 Å². The minimum absolute atomic E-state index is 0.178. The van der Waals surface area contributed by atoms with Crippen molar-refractivity contribution in [3.05, 3.63) is 29.8 Å². The number of benzene rings is 1. The second-order valence-corrected chi connectivity index (χ2v) is 6.77. The van der Waals surface area contributed by atoms with E-state index < -0.39 is 23.4 Å². The van der Waals surface area contributed by atoms with E-state index in [9.17, 15) is 19.2 Å². The van der Waals surface area contributed by atoms with Crippen molar-refractivity contribution in [2.45, 2.75) is 39.2 Å². The Morgan fingerprint density at radius 2 is 1.74 bits per heavy atom. The Kier molecular flexibility index (Phi) is 6.20. The Bertz CT molecular complexity index is 741. The minimum atomic E-state index is -0.946. The standard InChI is InChI=1S/C19H26N4O4/c1-5-19(6-2)17(26)23(18(27)21-19)12-16(25)22(4)11-15(24)20-14-9-7-13(3)8-10-14/h7-10H,5-6,11-12H2,1-4H3,(H,20,24)(H,21,27). The molecule has 0 aromatic heterocycles. The van der Waals surface area contributed by atoms with Gasteiger partial charge < -0.3 is 15.5 Å². The SMILES string of the molecule is CCC1(CC)NC(=O)N(CC(=O)N(C)CC(=O)Nc2ccc(C)cc2)C1=O. The molecule has 0 unspecified atom stereocenters. The monoisotopic (exact) mass is 374 g/mol. The minimum Gasteiger partial charge on any atom is -0.335 e. The van der Waals surface area contributed by atoms with E-state index in [2.05, 4.69) is 10.6 Å². The van der Waals surface area contributed by atoms with Crippen molar-refractivity contribution in [2.24, 2.45) is 0 Å². The molecule has 5 amide bonds. The summed E-state index contributed by atoms with van der Waals surface area (Å²) in [6, 6.07) is 6.72. The number of rotatable bonds is 7. The second-order valence-electron chi connectivity index (χ2n) is 6.77. The molecule has 0 aliphatic carbocycles. The lowest BCUT2D eigenvalue weighted by Crippen LogP contribution is -2.47. The van der Waals surface area contributed by atoms with Gasteiger partial charge in [0.1, 0.15) is 12.1 Å². The van der Waals surface area contributed by atoms with E-state index >= 15 is 0 Å². The van der Waals surface area contributed by atoms with Crippen molar-refractivity contribution in [1.29, 1.82) is 0 Å². The topological polar surface area (TPSA) is 98.8 Å². The number of hydrogen-bond acceptors (Lipinski definition) is 4. The van der Waals surface area contributed by atoms with E-state index in [-0.39, 0.29) is 19.0 Å². The molecule has 2 N–H and O–H groups in total. The van der Waals surface area contributed by atoms with Crippen LogP contribution >= 0.6 is 0 Å². The van der Waals surface area contributed by atoms with Crippen LogP contribution in [0.2, 0.25) is 0 Å². The number of nitrogens with zero attached hydrogens (tertiary/aromatic N) is 2. The fraction of sp³-hybridized carbons (Fsp3) is 0.474. The van der Waals surface area contributed by atoms with Crippen molar-refractivity contribution >= 4 is 29.4 Å². The lowest BCUT2D eigenvalue weighted by Gasteiger charge is -2.24. The van der Waals surface area contributed by atoms with Gasteiger partial charge in [0.25, 0.3) is 5.91 Å². The van der Waals surface area contributed by atoms with Gasteiger partial charge in [0, 0.05) is 12.7 Å². The highest BCUT2D eigenvalue weighted by molar-refractivity contribution is 6.09. The summed E-state index contributed by atoms with van der Waals surface area (Å²) in [5.74, 6) is -1.24. The van der Waals surface area contributed by atoms with E-state index in [1.165, 1.54) is 11.9 Å². The zero-order valence-corrected chi connectivity index (χ0v) is 16.2. The molecule has 1 aliphatic rings. The molecule has 0 atom stereocenters. The molecule has 1 aromatic rings. The summed E-state index contributed by atoms with van der Waals surface area (Å²) in [5.41, 5.74) is 0.763. The molecule has 1 saturated heterocycles. The molecule has 2 rings (SSSR count). The molecule has 1 aliphatic heterocycles. The Labute approximate surface area is 158 Å². The highest BCUT2D eigenvalue weighted by atomic mass is 16.2. The maximum absolute atomic E-state index is 12.5. The van der Waals surface area contributed by atoms with Gasteiger partial charge in [-0.05, 0) is 31.9 Å². The van der Waals surface area contributed by atoms with Crippen molar-refractivity contribution < 1.29 is 19.2 Å². The molecule has 8 heteroatoms. The first-order valence-electron chi connectivity index (χ1n) is 8.97. The summed E-state index contributed by atoms with van der Waals surface area (Å²) in [7, 11) is 1.46. The molecule has 8 nitrogen and oxygen atoms in total. The lowest BCUT2D eigenvalue weighted by molar-refractivity contribution is -0.139. The van der Waals surface area contributed by atoms with E-state index in [4.69, 9.17) is 0 Å². The van der Waals surface area contributed by atoms with Gasteiger partial charge in [0.05, 0.1) is 6.54 Å². The zero-order valence-electron chi connectivity index (χ0n) is 16.2. The third-order valence-corrected chi connectivity index (χ3v) is 4.89. The number of aryl methyl sites for hydroxylation is 1. The largest absolute Gasteiger partial charge is 0.335 e. The normalized spacial score (nSPS) is 15.5. The quantitative estimate of drug-likeness (QED) is 0.707. The van der Waals surface area contributed by atoms with Crippen LogP contribution in [0.25, 0.3) is 0 Å². The van der Waals surface area contributed by atoms with Gasteiger partial charge in [0.2, 0.25) is 11.8 Å². The number of likely N-dealkylation sites (N-methyl/N-ethyl adjacent to an activating group) is 1. The van der Waals surface area contributed by atoms with Crippen LogP contribution in [0.5, 0.6) is 0 Å². The summed E-state index contributed by atoms with van der Waals surface area (Å²) >= 11 is 0. The molecule has 146 valence electrons. The first-order valence-corrected chi connectivity index (χ1v) is 8.97. The average Bonchev–Trinajstić information content (AvgIpc) is 2.88. The second kappa shape index (κ2) is 8.20. The van der Waals surface area contributed by atoms with Crippen molar-refractivity contribution in [3.8, 4) is 0 Å². The van der Waals surface area contributed by atoms with Gasteiger partial charge in [-0.2, -0.15) is 0 Å². The average molecular weight is 374 g/mol. The van der Waals surface area contributed by atoms with Gasteiger partial charge in [-0.25, -0.2) is 4.79 Å². The molecular weight excluding hydrogens is 348 g/mol. The fourth-order valence-corrected chi connectivity index (χ4v) is 2.95. The highest BCUT2D eigenvalue weighted by Crippen LogP contribution is 2.24. The summed E-state index contributed by atoms with van der Waals surface area (Å²) in [5, 5.41) is 5.38. The summed E-state index contributed by atoms with van der Waals surface area (Å²) < 4.78 is 0. The van der Waals surface area contributed by atoms with Crippen LogP contribution in [0.4, 0.5) is 10.5 Å². The molecule has 1 fully saturated rings. The van der Waals surface area contributed by atoms with E-state index in [1.54, 1.807) is 12.1 Å². The van der Waals surface area contributed by atoms with Crippen LogP contribution in [0.15, 0.2) is 24.3 Å². The third kappa shape index (κ3) is 4.45. The smallest absolute Gasteiger partial charge is 0.325 e. The maximum atomic E-state index is 12.5. The van der Waals surface area contributed by atoms with Crippen LogP contribution in [-0.4, -0.2) is 59.2 Å². The molecule has 0 radical (unpaired) electrons. The number of anilines is 1. The van der Waals surface area contributed by atoms with E-state index in [1.807, 2.05) is 32.9 Å². The van der Waals surface area contributed by atoms with Crippen molar-refractivity contribution in [1.82, 2.24) is 15.1 Å². The summed E-state index contributed by atoms with van der Waals surface area (Å²) in [4.78, 5) is 51.3. The third-order valence-electron chi connectivity index (χ3n) is 4.89. The van der Waals surface area contributed by atoms with E-state index in [0.717, 1.165) is 10.5 Å². The number of urea groups is 1.